The number of H-pyrrole nitrogens is 1. The number of benzene rings is 1. The van der Waals surface area contributed by atoms with Crippen molar-refractivity contribution in [2.45, 2.75) is 44.9 Å². The third-order valence-corrected chi connectivity index (χ3v) is 5.01. The monoisotopic (exact) mass is 426 g/mol. The summed E-state index contributed by atoms with van der Waals surface area (Å²) in [5.74, 6) is 0.255. The van der Waals surface area contributed by atoms with Crippen LogP contribution in [-0.4, -0.2) is 50.5 Å². The molecule has 1 aromatic carbocycles. The Kier molecular flexibility index (Phi) is 5.90. The van der Waals surface area contributed by atoms with Gasteiger partial charge in [0.05, 0.1) is 36.1 Å². The van der Waals surface area contributed by atoms with E-state index in [1.165, 1.54) is 0 Å². The van der Waals surface area contributed by atoms with E-state index in [4.69, 9.17) is 9.47 Å². The normalized spacial score (nSPS) is 18.5. The van der Waals surface area contributed by atoms with Crippen LogP contribution >= 0.6 is 0 Å². The van der Waals surface area contributed by atoms with Crippen LogP contribution in [0.4, 0.5) is 10.6 Å². The molecule has 1 saturated heterocycles. The third-order valence-electron chi connectivity index (χ3n) is 5.01. The van der Waals surface area contributed by atoms with Crippen molar-refractivity contribution in [3.8, 4) is 0 Å². The summed E-state index contributed by atoms with van der Waals surface area (Å²) in [7, 11) is 1.92. The van der Waals surface area contributed by atoms with E-state index in [0.29, 0.717) is 18.8 Å². The lowest BCUT2D eigenvalue weighted by molar-refractivity contribution is -0.115. The van der Waals surface area contributed by atoms with Crippen LogP contribution in [0.2, 0.25) is 0 Å². The van der Waals surface area contributed by atoms with Crippen molar-refractivity contribution in [2.24, 2.45) is 7.05 Å². The van der Waals surface area contributed by atoms with Gasteiger partial charge in [-0.3, -0.25) is 9.89 Å². The average molecular weight is 426 g/mol. The third kappa shape index (κ3) is 5.02. The Balaban J connectivity index is 1.31. The molecule has 0 aliphatic carbocycles. The molecule has 0 radical (unpaired) electrons. The highest BCUT2D eigenvalue weighted by atomic mass is 16.6. The number of aromatic amines is 1. The molecule has 3 N–H and O–H groups in total. The fourth-order valence-corrected chi connectivity index (χ4v) is 3.54. The number of carbonyl (C=O) groups is 2. The summed E-state index contributed by atoms with van der Waals surface area (Å²) in [6.45, 7) is 4.05. The maximum atomic E-state index is 12.4. The Morgan fingerprint density at radius 1 is 1.35 bits per heavy atom. The Labute approximate surface area is 179 Å². The van der Waals surface area contributed by atoms with E-state index in [-0.39, 0.29) is 30.6 Å². The first-order valence-electron chi connectivity index (χ1n) is 10.2. The number of fused-ring (bicyclic) bond motifs is 1. The maximum absolute atomic E-state index is 12.4. The fraction of sp³-hybridized carbons (Fsp3) is 0.429. The lowest BCUT2D eigenvalue weighted by Crippen LogP contribution is -2.33. The number of nitrogens with zero attached hydrogens (tertiary/aromatic N) is 3. The number of ether oxygens (including phenoxy) is 2. The van der Waals surface area contributed by atoms with Crippen molar-refractivity contribution >= 4 is 28.9 Å². The van der Waals surface area contributed by atoms with Gasteiger partial charge in [-0.05, 0) is 31.5 Å². The minimum absolute atomic E-state index is 0.00967. The predicted molar refractivity (Wildman–Crippen MR) is 113 cm³/mol. The molecule has 3 aromatic rings. The van der Waals surface area contributed by atoms with Crippen molar-refractivity contribution in [1.82, 2.24) is 25.1 Å². The number of hydrogen-bond acceptors (Lipinski definition) is 6. The van der Waals surface area contributed by atoms with Gasteiger partial charge in [0, 0.05) is 25.6 Å². The van der Waals surface area contributed by atoms with Gasteiger partial charge in [-0.15, -0.1) is 0 Å². The van der Waals surface area contributed by atoms with Gasteiger partial charge < -0.3 is 24.7 Å². The van der Waals surface area contributed by atoms with Crippen molar-refractivity contribution in [1.29, 1.82) is 0 Å². The van der Waals surface area contributed by atoms with Crippen LogP contribution in [-0.2, 0) is 27.7 Å². The second kappa shape index (κ2) is 8.76. The van der Waals surface area contributed by atoms with Gasteiger partial charge in [0.15, 0.2) is 5.82 Å². The second-order valence-corrected chi connectivity index (χ2v) is 8.00. The summed E-state index contributed by atoms with van der Waals surface area (Å²) in [5, 5.41) is 12.5. The van der Waals surface area contributed by atoms with Crippen molar-refractivity contribution < 1.29 is 19.1 Å². The Morgan fingerprint density at radius 3 is 3.00 bits per heavy atom. The number of nitrogens with one attached hydrogen (secondary N) is 3. The van der Waals surface area contributed by atoms with E-state index in [0.717, 1.165) is 22.3 Å². The molecule has 10 heteroatoms. The molecule has 164 valence electrons. The van der Waals surface area contributed by atoms with Crippen LogP contribution in [0.5, 0.6) is 0 Å². The first-order valence-corrected chi connectivity index (χ1v) is 10.2. The lowest BCUT2D eigenvalue weighted by Gasteiger charge is -2.13. The molecule has 1 aliphatic rings. The van der Waals surface area contributed by atoms with Crippen LogP contribution in [0, 0.1) is 0 Å². The number of rotatable bonds is 6. The van der Waals surface area contributed by atoms with Gasteiger partial charge >= 0.3 is 6.09 Å². The molecule has 0 spiro atoms. The van der Waals surface area contributed by atoms with Crippen molar-refractivity contribution in [3.05, 3.63) is 41.9 Å². The highest BCUT2D eigenvalue weighted by Gasteiger charge is 2.31. The standard InChI is InChI=1S/C21H26N6O4/c1-12(2)23-21(29)31-14-8-18(30-10-14)16-9-19(26-25-16)24-20(28)7-13-4-5-15-17(6-13)27(3)11-22-15/h4-6,9,11-12,14,18H,7-8,10H2,1-3H3,(H,23,29)(H2,24,25,26,28)/t14-,18-/m0/s1. The van der Waals surface area contributed by atoms with Gasteiger partial charge in [0.1, 0.15) is 12.2 Å². The van der Waals surface area contributed by atoms with Crippen LogP contribution in [0.1, 0.15) is 37.6 Å². The molecule has 0 unspecified atom stereocenters. The van der Waals surface area contributed by atoms with E-state index < -0.39 is 6.09 Å². The SMILES string of the molecule is CC(C)NC(=O)O[C@@H]1CO[C@H](c2cc(NC(=O)Cc3ccc4ncn(C)c4c3)n[nH]2)C1. The molecule has 10 nitrogen and oxygen atoms in total. The number of aromatic nitrogens is 4. The number of anilines is 1. The molecule has 2 atom stereocenters. The van der Waals surface area contributed by atoms with Gasteiger partial charge in [-0.25, -0.2) is 9.78 Å². The van der Waals surface area contributed by atoms with Gasteiger partial charge in [0.2, 0.25) is 5.91 Å². The lowest BCUT2D eigenvalue weighted by atomic mass is 10.1. The molecule has 2 aromatic heterocycles. The minimum atomic E-state index is -0.453. The maximum Gasteiger partial charge on any atom is 0.407 e. The average Bonchev–Trinajstić information content (AvgIpc) is 3.42. The molecule has 1 fully saturated rings. The highest BCUT2D eigenvalue weighted by molar-refractivity contribution is 5.92. The number of imidazole rings is 1. The summed E-state index contributed by atoms with van der Waals surface area (Å²) in [6.07, 6.45) is 1.44. The predicted octanol–water partition coefficient (Wildman–Crippen LogP) is 2.44. The fourth-order valence-electron chi connectivity index (χ4n) is 3.54. The second-order valence-electron chi connectivity index (χ2n) is 8.00. The van der Waals surface area contributed by atoms with E-state index in [1.54, 1.807) is 12.4 Å². The minimum Gasteiger partial charge on any atom is -0.444 e. The van der Waals surface area contributed by atoms with E-state index >= 15 is 0 Å². The van der Waals surface area contributed by atoms with E-state index in [2.05, 4.69) is 25.8 Å². The largest absolute Gasteiger partial charge is 0.444 e. The Bertz CT molecular complexity index is 1090. The number of amides is 2. The number of hydrogen-bond donors (Lipinski definition) is 3. The number of carbonyl (C=O) groups excluding carboxylic acids is 2. The molecule has 1 aliphatic heterocycles. The zero-order chi connectivity index (χ0) is 22.0. The van der Waals surface area contributed by atoms with Crippen LogP contribution < -0.4 is 10.6 Å². The Hall–Kier alpha value is -3.40. The van der Waals surface area contributed by atoms with Crippen LogP contribution in [0.3, 0.4) is 0 Å². The summed E-state index contributed by atoms with van der Waals surface area (Å²) in [6, 6.07) is 7.51. The molecule has 2 amide bonds. The zero-order valence-electron chi connectivity index (χ0n) is 17.7. The first kappa shape index (κ1) is 20.9. The molecular formula is C21H26N6O4. The van der Waals surface area contributed by atoms with Crippen LogP contribution in [0.15, 0.2) is 30.6 Å². The molecule has 4 rings (SSSR count). The number of aryl methyl sites for hydroxylation is 1. The molecule has 3 heterocycles. The summed E-state index contributed by atoms with van der Waals surface area (Å²) in [5.41, 5.74) is 3.49. The molecular weight excluding hydrogens is 400 g/mol. The Morgan fingerprint density at radius 2 is 2.19 bits per heavy atom. The first-order chi connectivity index (χ1) is 14.9. The van der Waals surface area contributed by atoms with Crippen molar-refractivity contribution in [3.63, 3.8) is 0 Å². The smallest absolute Gasteiger partial charge is 0.407 e. The molecule has 31 heavy (non-hydrogen) atoms. The van der Waals surface area contributed by atoms with Crippen molar-refractivity contribution in [2.75, 3.05) is 11.9 Å². The van der Waals surface area contributed by atoms with Gasteiger partial charge in [-0.1, -0.05) is 6.07 Å². The summed E-state index contributed by atoms with van der Waals surface area (Å²) in [4.78, 5) is 28.5. The molecule has 0 saturated carbocycles. The highest BCUT2D eigenvalue weighted by Crippen LogP contribution is 2.30. The summed E-state index contributed by atoms with van der Waals surface area (Å²) >= 11 is 0. The molecule has 0 bridgehead atoms. The van der Waals surface area contributed by atoms with E-state index in [9.17, 15) is 9.59 Å². The van der Waals surface area contributed by atoms with Gasteiger partial charge in [-0.2, -0.15) is 5.10 Å². The quantitative estimate of drug-likeness (QED) is 0.556. The number of alkyl carbamates (subject to hydrolysis) is 1. The van der Waals surface area contributed by atoms with E-state index in [1.807, 2.05) is 43.7 Å². The summed E-state index contributed by atoms with van der Waals surface area (Å²) < 4.78 is 13.0. The zero-order valence-corrected chi connectivity index (χ0v) is 17.7. The topological polar surface area (TPSA) is 123 Å². The van der Waals surface area contributed by atoms with Crippen LogP contribution in [0.25, 0.3) is 11.0 Å². The van der Waals surface area contributed by atoms with Gasteiger partial charge in [0.25, 0.3) is 0 Å².